The lowest BCUT2D eigenvalue weighted by molar-refractivity contribution is 0.146. The summed E-state index contributed by atoms with van der Waals surface area (Å²) in [5.74, 6) is 0. The van der Waals surface area contributed by atoms with Crippen LogP contribution in [0, 0.1) is 0 Å². The van der Waals surface area contributed by atoms with Gasteiger partial charge in [-0.05, 0) is 12.8 Å². The molecule has 0 heterocycles. The van der Waals surface area contributed by atoms with Crippen molar-refractivity contribution in [1.82, 2.24) is 0 Å². The Hall–Kier alpha value is -0.130. The van der Waals surface area contributed by atoms with Gasteiger partial charge in [-0.1, -0.05) is 65.2 Å². The molecule has 0 aromatic rings. The summed E-state index contributed by atoms with van der Waals surface area (Å²) in [5.41, 5.74) is 0. The molecule has 116 valence electrons. The van der Waals surface area contributed by atoms with Crippen molar-refractivity contribution in [3.8, 4) is 0 Å². The van der Waals surface area contributed by atoms with E-state index in [2.05, 4.69) is 6.92 Å². The summed E-state index contributed by atoms with van der Waals surface area (Å²) in [7, 11) is -4.14. The number of hydrogen-bond donors (Lipinski definition) is 2. The van der Waals surface area contributed by atoms with Crippen LogP contribution < -0.4 is 0 Å². The summed E-state index contributed by atoms with van der Waals surface area (Å²) in [6, 6.07) is 0. The Labute approximate surface area is 118 Å². The summed E-state index contributed by atoms with van der Waals surface area (Å²) in [6.07, 6.45) is 8.02. The fraction of sp³-hybridized carbons (Fsp3) is 1.00. The van der Waals surface area contributed by atoms with Crippen molar-refractivity contribution >= 4 is 10.1 Å². The van der Waals surface area contributed by atoms with Gasteiger partial charge in [0.15, 0.2) is 0 Å². The quantitative estimate of drug-likeness (QED) is 0.426. The molecule has 0 aromatic heterocycles. The van der Waals surface area contributed by atoms with E-state index in [1.165, 1.54) is 19.3 Å². The van der Waals surface area contributed by atoms with Gasteiger partial charge in [0.1, 0.15) is 5.25 Å². The van der Waals surface area contributed by atoms with Crippen molar-refractivity contribution in [2.24, 2.45) is 0 Å². The molecule has 0 aliphatic rings. The highest BCUT2D eigenvalue weighted by Gasteiger charge is 2.29. The van der Waals surface area contributed by atoms with E-state index in [-0.39, 0.29) is 0 Å². The van der Waals surface area contributed by atoms with E-state index in [4.69, 9.17) is 4.55 Å². The van der Waals surface area contributed by atoms with Crippen molar-refractivity contribution in [1.29, 1.82) is 0 Å². The molecule has 0 aliphatic carbocycles. The monoisotopic (exact) mass is 294 g/mol. The van der Waals surface area contributed by atoms with Crippen molar-refractivity contribution < 1.29 is 18.1 Å². The second-order valence-corrected chi connectivity index (χ2v) is 6.95. The summed E-state index contributed by atoms with van der Waals surface area (Å²) in [5, 5.41) is 8.92. The molecule has 2 N–H and O–H groups in total. The lowest BCUT2D eigenvalue weighted by atomic mass is 10.0. The van der Waals surface area contributed by atoms with E-state index in [0.29, 0.717) is 19.3 Å². The van der Waals surface area contributed by atoms with Gasteiger partial charge in [0.25, 0.3) is 10.1 Å². The molecule has 0 saturated carbocycles. The Balaban J connectivity index is 4.01. The predicted octanol–water partition coefficient (Wildman–Crippen LogP) is 3.54. The van der Waals surface area contributed by atoms with Crippen LogP contribution in [0.1, 0.15) is 78.1 Å². The molecule has 4 nitrogen and oxygen atoms in total. The number of aliphatic hydroxyl groups is 1. The predicted molar refractivity (Wildman–Crippen MR) is 78.9 cm³/mol. The topological polar surface area (TPSA) is 74.6 Å². The van der Waals surface area contributed by atoms with E-state index < -0.39 is 21.5 Å². The van der Waals surface area contributed by atoms with Gasteiger partial charge in [-0.15, -0.1) is 0 Å². The molecule has 0 rings (SSSR count). The van der Waals surface area contributed by atoms with Gasteiger partial charge < -0.3 is 5.11 Å². The SMILES string of the molecule is CCCCCCCCC(O)C(CCCC)S(=O)(=O)O. The van der Waals surface area contributed by atoms with Crippen molar-refractivity contribution in [3.05, 3.63) is 0 Å². The van der Waals surface area contributed by atoms with Gasteiger partial charge in [-0.25, -0.2) is 0 Å². The Morgan fingerprint density at radius 3 is 1.89 bits per heavy atom. The molecule has 0 aliphatic heterocycles. The molecule has 2 unspecified atom stereocenters. The minimum absolute atomic E-state index is 0.340. The van der Waals surface area contributed by atoms with Gasteiger partial charge in [0.05, 0.1) is 6.10 Å². The lowest BCUT2D eigenvalue weighted by Gasteiger charge is -2.20. The van der Waals surface area contributed by atoms with Gasteiger partial charge in [-0.2, -0.15) is 8.42 Å². The van der Waals surface area contributed by atoms with Gasteiger partial charge >= 0.3 is 0 Å². The molecule has 0 amide bonds. The largest absolute Gasteiger partial charge is 0.392 e. The number of hydrogen-bond acceptors (Lipinski definition) is 3. The first kappa shape index (κ1) is 18.9. The fourth-order valence-electron chi connectivity index (χ4n) is 2.26. The zero-order valence-corrected chi connectivity index (χ0v) is 13.2. The van der Waals surface area contributed by atoms with Crippen LogP contribution in [0.5, 0.6) is 0 Å². The molecule has 0 fully saturated rings. The van der Waals surface area contributed by atoms with Crippen molar-refractivity contribution in [2.75, 3.05) is 0 Å². The van der Waals surface area contributed by atoms with E-state index in [1.807, 2.05) is 6.92 Å². The molecular formula is C14H30O4S. The van der Waals surface area contributed by atoms with Crippen LogP contribution >= 0.6 is 0 Å². The first-order valence-corrected chi connectivity index (χ1v) is 9.08. The van der Waals surface area contributed by atoms with Gasteiger partial charge in [0, 0.05) is 0 Å². The second-order valence-electron chi connectivity index (χ2n) is 5.32. The maximum Gasteiger partial charge on any atom is 0.270 e. The van der Waals surface area contributed by atoms with Crippen molar-refractivity contribution in [2.45, 2.75) is 89.4 Å². The number of rotatable bonds is 12. The van der Waals surface area contributed by atoms with Crippen LogP contribution in [0.4, 0.5) is 0 Å². The minimum Gasteiger partial charge on any atom is -0.392 e. The molecule has 5 heteroatoms. The van der Waals surface area contributed by atoms with Crippen molar-refractivity contribution in [3.63, 3.8) is 0 Å². The van der Waals surface area contributed by atoms with E-state index in [1.54, 1.807) is 0 Å². The molecule has 0 spiro atoms. The van der Waals surface area contributed by atoms with E-state index >= 15 is 0 Å². The average molecular weight is 294 g/mol. The zero-order chi connectivity index (χ0) is 14.7. The van der Waals surface area contributed by atoms with E-state index in [9.17, 15) is 13.5 Å². The standard InChI is InChI=1S/C14H30O4S/c1-3-5-7-8-9-10-11-13(15)14(12-6-4-2)19(16,17)18/h13-15H,3-12H2,1-2H3,(H,16,17,18). The normalized spacial score (nSPS) is 15.4. The first-order chi connectivity index (χ1) is 8.93. The summed E-state index contributed by atoms with van der Waals surface area (Å²) >= 11 is 0. The average Bonchev–Trinajstić information content (AvgIpc) is 2.32. The molecule has 0 bridgehead atoms. The Kier molecular flexibility index (Phi) is 10.6. The van der Waals surface area contributed by atoms with Crippen LogP contribution in [0.2, 0.25) is 0 Å². The van der Waals surface area contributed by atoms with E-state index in [0.717, 1.165) is 25.7 Å². The summed E-state index contributed by atoms with van der Waals surface area (Å²) in [6.45, 7) is 4.12. The third-order valence-electron chi connectivity index (χ3n) is 3.51. The lowest BCUT2D eigenvalue weighted by Crippen LogP contribution is -2.33. The maximum atomic E-state index is 11.2. The van der Waals surface area contributed by atoms with Crippen LogP contribution in [-0.4, -0.2) is 29.4 Å². The Morgan fingerprint density at radius 2 is 1.37 bits per heavy atom. The molecule has 0 aromatic carbocycles. The highest BCUT2D eigenvalue weighted by Crippen LogP contribution is 2.18. The van der Waals surface area contributed by atoms with Crippen LogP contribution in [0.25, 0.3) is 0 Å². The zero-order valence-electron chi connectivity index (χ0n) is 12.3. The molecule has 2 atom stereocenters. The Morgan fingerprint density at radius 1 is 0.842 bits per heavy atom. The van der Waals surface area contributed by atoms with Crippen LogP contribution in [-0.2, 0) is 10.1 Å². The number of unbranched alkanes of at least 4 members (excludes halogenated alkanes) is 6. The first-order valence-electron chi connectivity index (χ1n) is 7.57. The summed E-state index contributed by atoms with van der Waals surface area (Å²) < 4.78 is 31.7. The maximum absolute atomic E-state index is 11.2. The second kappa shape index (κ2) is 10.6. The number of aliphatic hydroxyl groups excluding tert-OH is 1. The van der Waals surface area contributed by atoms with Crippen LogP contribution in [0.3, 0.4) is 0 Å². The third kappa shape index (κ3) is 9.41. The highest BCUT2D eigenvalue weighted by atomic mass is 32.2. The van der Waals surface area contributed by atoms with Crippen LogP contribution in [0.15, 0.2) is 0 Å². The molecule has 0 saturated heterocycles. The molecular weight excluding hydrogens is 264 g/mol. The minimum atomic E-state index is -4.14. The fourth-order valence-corrected chi connectivity index (χ4v) is 3.26. The molecule has 19 heavy (non-hydrogen) atoms. The Bertz CT molecular complexity index is 301. The highest BCUT2D eigenvalue weighted by molar-refractivity contribution is 7.86. The smallest absolute Gasteiger partial charge is 0.270 e. The summed E-state index contributed by atoms with van der Waals surface area (Å²) in [4.78, 5) is 0. The van der Waals surface area contributed by atoms with Gasteiger partial charge in [0.2, 0.25) is 0 Å². The van der Waals surface area contributed by atoms with Gasteiger partial charge in [-0.3, -0.25) is 4.55 Å². The molecule has 0 radical (unpaired) electrons. The third-order valence-corrected chi connectivity index (χ3v) is 4.82.